The molecule has 43 heavy (non-hydrogen) atoms. The van der Waals surface area contributed by atoms with Crippen molar-refractivity contribution >= 4 is 67.9 Å². The zero-order valence-corrected chi connectivity index (χ0v) is 25.9. The Morgan fingerprint density at radius 2 is 1.81 bits per heavy atom. The summed E-state index contributed by atoms with van der Waals surface area (Å²) in [6, 6.07) is 5.88. The van der Waals surface area contributed by atoms with Crippen molar-refractivity contribution in [3.63, 3.8) is 0 Å². The molecule has 14 heteroatoms. The number of anilines is 3. The Morgan fingerprint density at radius 1 is 1.09 bits per heavy atom. The summed E-state index contributed by atoms with van der Waals surface area (Å²) in [7, 11) is 1.46. The fourth-order valence-electron chi connectivity index (χ4n) is 4.98. The standard InChI is InChI=1S/C29H29Cl2F3N6O2S/c1-4-39-7-9-40(10-8-39)13-17-5-6-18(12-20(17)29(32,33)34)37-27-26-24(35-15-36-27)19(14-43-26)28(41)38-25-22(30)16(2)11-21(42-3)23(25)31/h5-6,11-12,14-15H,4,7-10,13H2,1-3H3,(H,38,41)(H,35,36,37). The minimum Gasteiger partial charge on any atom is -0.495 e. The number of thiophene rings is 1. The number of piperazine rings is 1. The van der Waals surface area contributed by atoms with Crippen molar-refractivity contribution in [1.82, 2.24) is 19.8 Å². The highest BCUT2D eigenvalue weighted by molar-refractivity contribution is 7.18. The number of aryl methyl sites for hydroxylation is 1. The summed E-state index contributed by atoms with van der Waals surface area (Å²) >= 11 is 14.0. The number of carbonyl (C=O) groups is 1. The highest BCUT2D eigenvalue weighted by atomic mass is 35.5. The van der Waals surface area contributed by atoms with Gasteiger partial charge in [-0.2, -0.15) is 13.2 Å². The number of fused-ring (bicyclic) bond motifs is 1. The van der Waals surface area contributed by atoms with Crippen molar-refractivity contribution in [2.45, 2.75) is 26.6 Å². The lowest BCUT2D eigenvalue weighted by Crippen LogP contribution is -2.45. The number of hydrogen-bond acceptors (Lipinski definition) is 8. The average Bonchev–Trinajstić information content (AvgIpc) is 3.43. The number of nitrogens with one attached hydrogen (secondary N) is 2. The maximum absolute atomic E-state index is 14.1. The molecule has 3 heterocycles. The van der Waals surface area contributed by atoms with Gasteiger partial charge in [0.05, 0.1) is 39.2 Å². The van der Waals surface area contributed by atoms with Gasteiger partial charge in [-0.05, 0) is 42.8 Å². The maximum Gasteiger partial charge on any atom is 0.416 e. The molecule has 8 nitrogen and oxygen atoms in total. The van der Waals surface area contributed by atoms with Gasteiger partial charge in [0.25, 0.3) is 5.91 Å². The summed E-state index contributed by atoms with van der Waals surface area (Å²) < 4.78 is 48.2. The maximum atomic E-state index is 14.1. The zero-order valence-electron chi connectivity index (χ0n) is 23.6. The van der Waals surface area contributed by atoms with Crippen LogP contribution in [0.2, 0.25) is 10.0 Å². The summed E-state index contributed by atoms with van der Waals surface area (Å²) in [6.45, 7) is 8.08. The Morgan fingerprint density at radius 3 is 2.49 bits per heavy atom. The van der Waals surface area contributed by atoms with Crippen molar-refractivity contribution in [3.05, 3.63) is 68.3 Å². The first-order valence-corrected chi connectivity index (χ1v) is 15.1. The molecule has 4 aromatic rings. The van der Waals surface area contributed by atoms with Crippen LogP contribution in [0.25, 0.3) is 10.2 Å². The molecular formula is C29H29Cl2F3N6O2S. The van der Waals surface area contributed by atoms with Gasteiger partial charge in [0.2, 0.25) is 0 Å². The number of benzene rings is 2. The third kappa shape index (κ3) is 6.68. The quantitative estimate of drug-likeness (QED) is 0.204. The van der Waals surface area contributed by atoms with Crippen LogP contribution in [0.4, 0.5) is 30.4 Å². The summed E-state index contributed by atoms with van der Waals surface area (Å²) in [5.74, 6) is 0.112. The number of likely N-dealkylation sites (N-methyl/N-ethyl adjacent to an activating group) is 1. The van der Waals surface area contributed by atoms with Crippen LogP contribution >= 0.6 is 34.5 Å². The van der Waals surface area contributed by atoms with Crippen molar-refractivity contribution in [2.75, 3.05) is 50.5 Å². The van der Waals surface area contributed by atoms with E-state index in [1.165, 1.54) is 30.8 Å². The van der Waals surface area contributed by atoms with Crippen LogP contribution in [-0.2, 0) is 12.7 Å². The summed E-state index contributed by atoms with van der Waals surface area (Å²) in [4.78, 5) is 26.1. The molecule has 1 fully saturated rings. The van der Waals surface area contributed by atoms with E-state index in [-0.39, 0.29) is 44.9 Å². The molecule has 1 aliphatic heterocycles. The molecule has 5 rings (SSSR count). The highest BCUT2D eigenvalue weighted by Gasteiger charge is 2.34. The third-order valence-corrected chi connectivity index (χ3v) is 9.23. The first-order chi connectivity index (χ1) is 20.5. The molecule has 2 aromatic heterocycles. The minimum atomic E-state index is -4.53. The number of rotatable bonds is 8. The Balaban J connectivity index is 1.39. The Labute approximate surface area is 260 Å². The zero-order chi connectivity index (χ0) is 30.9. The summed E-state index contributed by atoms with van der Waals surface area (Å²) in [6.07, 6.45) is -3.28. The number of alkyl halides is 3. The normalized spacial score (nSPS) is 14.7. The average molecular weight is 654 g/mol. The van der Waals surface area contributed by atoms with E-state index >= 15 is 0 Å². The third-order valence-electron chi connectivity index (χ3n) is 7.39. The molecule has 0 atom stereocenters. The second-order valence-corrected chi connectivity index (χ2v) is 11.7. The number of carbonyl (C=O) groups excluding carboxylic acids is 1. The molecule has 0 unspecified atom stereocenters. The molecule has 0 radical (unpaired) electrons. The van der Waals surface area contributed by atoms with Crippen molar-refractivity contribution in [2.24, 2.45) is 0 Å². The Hall–Kier alpha value is -3.16. The van der Waals surface area contributed by atoms with Crippen LogP contribution in [-0.4, -0.2) is 65.5 Å². The molecule has 0 saturated carbocycles. The van der Waals surface area contributed by atoms with Crippen molar-refractivity contribution in [1.29, 1.82) is 0 Å². The molecule has 0 aliphatic carbocycles. The molecule has 1 saturated heterocycles. The van der Waals surface area contributed by atoms with E-state index < -0.39 is 17.6 Å². The highest BCUT2D eigenvalue weighted by Crippen LogP contribution is 2.41. The van der Waals surface area contributed by atoms with E-state index in [1.54, 1.807) is 24.4 Å². The lowest BCUT2D eigenvalue weighted by molar-refractivity contribution is -0.138. The predicted molar refractivity (Wildman–Crippen MR) is 165 cm³/mol. The van der Waals surface area contributed by atoms with Gasteiger partial charge in [-0.3, -0.25) is 9.69 Å². The van der Waals surface area contributed by atoms with E-state index in [2.05, 4.69) is 32.4 Å². The van der Waals surface area contributed by atoms with E-state index in [0.717, 1.165) is 25.7 Å². The number of amides is 1. The first-order valence-electron chi connectivity index (χ1n) is 13.5. The lowest BCUT2D eigenvalue weighted by Gasteiger charge is -2.34. The van der Waals surface area contributed by atoms with Crippen molar-refractivity contribution < 1.29 is 22.7 Å². The van der Waals surface area contributed by atoms with Gasteiger partial charge >= 0.3 is 6.18 Å². The van der Waals surface area contributed by atoms with Gasteiger partial charge in [0, 0.05) is 43.8 Å². The Bertz CT molecular complexity index is 1660. The van der Waals surface area contributed by atoms with Crippen LogP contribution in [0.1, 0.15) is 34.0 Å². The van der Waals surface area contributed by atoms with Crippen LogP contribution in [0.3, 0.4) is 0 Å². The monoisotopic (exact) mass is 652 g/mol. The molecule has 2 aromatic carbocycles. The molecule has 0 spiro atoms. The summed E-state index contributed by atoms with van der Waals surface area (Å²) in [5, 5.41) is 7.74. The second-order valence-electron chi connectivity index (χ2n) is 10.1. The molecule has 0 bridgehead atoms. The van der Waals surface area contributed by atoms with Crippen molar-refractivity contribution in [3.8, 4) is 5.75 Å². The minimum absolute atomic E-state index is 0.148. The number of ether oxygens (including phenoxy) is 1. The molecule has 1 amide bonds. The van der Waals surface area contributed by atoms with Gasteiger partial charge < -0.3 is 20.3 Å². The van der Waals surface area contributed by atoms with E-state index in [0.29, 0.717) is 34.6 Å². The lowest BCUT2D eigenvalue weighted by atomic mass is 10.0. The molecular weight excluding hydrogens is 624 g/mol. The Kier molecular flexibility index (Phi) is 9.33. The summed E-state index contributed by atoms with van der Waals surface area (Å²) in [5.41, 5.74) is 1.15. The van der Waals surface area contributed by atoms with E-state index in [1.807, 2.05) is 4.90 Å². The SMILES string of the molecule is CCN1CCN(Cc2ccc(Nc3ncnc4c(C(=O)Nc5c(Cl)c(C)cc(OC)c5Cl)csc34)cc2C(F)(F)F)CC1. The number of halogens is 5. The van der Waals surface area contributed by atoms with Gasteiger partial charge in [0.1, 0.15) is 17.1 Å². The molecule has 2 N–H and O–H groups in total. The smallest absolute Gasteiger partial charge is 0.416 e. The van der Waals surface area contributed by atoms with Gasteiger partial charge in [-0.15, -0.1) is 11.3 Å². The molecule has 228 valence electrons. The van der Waals surface area contributed by atoms with Gasteiger partial charge in [-0.1, -0.05) is 36.2 Å². The predicted octanol–water partition coefficient (Wildman–Crippen LogP) is 7.47. The van der Waals surface area contributed by atoms with Crippen LogP contribution in [0.15, 0.2) is 36.0 Å². The second kappa shape index (κ2) is 12.8. The van der Waals surface area contributed by atoms with E-state index in [9.17, 15) is 18.0 Å². The largest absolute Gasteiger partial charge is 0.495 e. The fraction of sp³-hybridized carbons (Fsp3) is 0.345. The number of aromatic nitrogens is 2. The topological polar surface area (TPSA) is 82.6 Å². The van der Waals surface area contributed by atoms with Crippen LogP contribution < -0.4 is 15.4 Å². The first kappa shape index (κ1) is 31.3. The fourth-order valence-corrected chi connectivity index (χ4v) is 6.44. The van der Waals surface area contributed by atoms with Gasteiger partial charge in [0.15, 0.2) is 5.82 Å². The number of hydrogen-bond donors (Lipinski definition) is 2. The van der Waals surface area contributed by atoms with Crippen LogP contribution in [0.5, 0.6) is 5.75 Å². The van der Waals surface area contributed by atoms with Gasteiger partial charge in [-0.25, -0.2) is 9.97 Å². The van der Waals surface area contributed by atoms with Crippen LogP contribution in [0, 0.1) is 6.92 Å². The number of nitrogens with zero attached hydrogens (tertiary/aromatic N) is 4. The number of methoxy groups -OCH3 is 1. The van der Waals surface area contributed by atoms with E-state index in [4.69, 9.17) is 27.9 Å². The molecule has 1 aliphatic rings.